The Morgan fingerprint density at radius 1 is 0.977 bits per heavy atom. The number of ether oxygens (including phenoxy) is 2. The molecule has 10 nitrogen and oxygen atoms in total. The van der Waals surface area contributed by atoms with Crippen LogP contribution < -0.4 is 15.0 Å². The third-order valence-electron chi connectivity index (χ3n) is 8.44. The van der Waals surface area contributed by atoms with E-state index in [1.807, 2.05) is 36.4 Å². The van der Waals surface area contributed by atoms with E-state index in [2.05, 4.69) is 29.0 Å². The highest BCUT2D eigenvalue weighted by Gasteiger charge is 2.37. The number of nitrogens with one attached hydrogen (secondary N) is 1. The Bertz CT molecular complexity index is 1830. The summed E-state index contributed by atoms with van der Waals surface area (Å²) in [5.74, 6) is 1.28. The molecule has 3 aliphatic rings. The molecule has 2 aliphatic heterocycles. The van der Waals surface area contributed by atoms with Gasteiger partial charge in [-0.05, 0) is 87.6 Å². The number of nitrogens with zero attached hydrogens (tertiary/aromatic N) is 4. The number of carbonyl (C=O) groups excluding carboxylic acids is 1. The topological polar surface area (TPSA) is 124 Å². The lowest BCUT2D eigenvalue weighted by Gasteiger charge is -2.36. The summed E-state index contributed by atoms with van der Waals surface area (Å²) in [6.45, 7) is 5.86. The SMILES string of the molecule is C[C@@H]1CN(c2cccc(-c3ccc4cnc(CNC(=O)c5ccc6c(c5)S(=O)(=O)CC[C@H](C5CC5)O6)cc4n3)n2)C[C@H](C)O1. The number of sulfone groups is 1. The van der Waals surface area contributed by atoms with Gasteiger partial charge in [-0.1, -0.05) is 6.07 Å². The van der Waals surface area contributed by atoms with Crippen LogP contribution in [-0.2, 0) is 21.1 Å². The first-order valence-electron chi connectivity index (χ1n) is 15.2. The van der Waals surface area contributed by atoms with Crippen molar-refractivity contribution in [2.75, 3.05) is 23.7 Å². The third kappa shape index (κ3) is 5.98. The number of aromatic nitrogens is 3. The van der Waals surface area contributed by atoms with E-state index in [0.29, 0.717) is 23.8 Å². The number of hydrogen-bond acceptors (Lipinski definition) is 9. The lowest BCUT2D eigenvalue weighted by atomic mass is 10.1. The molecule has 1 amide bonds. The maximum absolute atomic E-state index is 13.1. The third-order valence-corrected chi connectivity index (χ3v) is 10.2. The van der Waals surface area contributed by atoms with E-state index < -0.39 is 9.84 Å². The zero-order valence-corrected chi connectivity index (χ0v) is 25.6. The predicted octanol–water partition coefficient (Wildman–Crippen LogP) is 4.57. The van der Waals surface area contributed by atoms with Gasteiger partial charge in [-0.2, -0.15) is 0 Å². The van der Waals surface area contributed by atoms with Gasteiger partial charge in [-0.3, -0.25) is 9.78 Å². The highest BCUT2D eigenvalue weighted by atomic mass is 32.2. The number of fused-ring (bicyclic) bond motifs is 2. The van der Waals surface area contributed by atoms with Gasteiger partial charge in [0.25, 0.3) is 5.91 Å². The van der Waals surface area contributed by atoms with Gasteiger partial charge in [0, 0.05) is 30.2 Å². The fourth-order valence-corrected chi connectivity index (χ4v) is 7.56. The first-order chi connectivity index (χ1) is 21.2. The number of morpholine rings is 1. The molecule has 7 rings (SSSR count). The molecular formula is C33H35N5O5S. The van der Waals surface area contributed by atoms with E-state index in [-0.39, 0.29) is 47.0 Å². The summed E-state index contributed by atoms with van der Waals surface area (Å²) in [6.07, 6.45) is 4.52. The first-order valence-corrected chi connectivity index (χ1v) is 16.8. The first kappa shape index (κ1) is 28.7. The van der Waals surface area contributed by atoms with Crippen molar-refractivity contribution in [2.45, 2.75) is 62.9 Å². The second-order valence-electron chi connectivity index (χ2n) is 12.1. The Morgan fingerprint density at radius 3 is 2.57 bits per heavy atom. The van der Waals surface area contributed by atoms with Crippen molar-refractivity contribution in [3.05, 3.63) is 72.1 Å². The molecule has 1 aromatic carbocycles. The molecule has 3 atom stereocenters. The van der Waals surface area contributed by atoms with Crippen LogP contribution in [0.5, 0.6) is 5.75 Å². The van der Waals surface area contributed by atoms with Gasteiger partial charge in [0.2, 0.25) is 0 Å². The van der Waals surface area contributed by atoms with E-state index in [0.717, 1.165) is 54.0 Å². The van der Waals surface area contributed by atoms with Crippen LogP contribution in [0.3, 0.4) is 0 Å². The van der Waals surface area contributed by atoms with Crippen molar-refractivity contribution in [3.63, 3.8) is 0 Å². The van der Waals surface area contributed by atoms with E-state index in [1.165, 1.54) is 6.07 Å². The highest BCUT2D eigenvalue weighted by Crippen LogP contribution is 2.40. The number of amides is 1. The summed E-state index contributed by atoms with van der Waals surface area (Å²) in [6, 6.07) is 16.3. The molecule has 2 fully saturated rings. The molecule has 44 heavy (non-hydrogen) atoms. The molecule has 1 aliphatic carbocycles. The van der Waals surface area contributed by atoms with Gasteiger partial charge in [0.05, 0.1) is 47.1 Å². The summed E-state index contributed by atoms with van der Waals surface area (Å²) in [4.78, 5) is 29.7. The fraction of sp³-hybridized carbons (Fsp3) is 0.394. The largest absolute Gasteiger partial charge is 0.489 e. The van der Waals surface area contributed by atoms with Crippen LogP contribution in [0.25, 0.3) is 22.3 Å². The van der Waals surface area contributed by atoms with Crippen molar-refractivity contribution in [2.24, 2.45) is 5.92 Å². The van der Waals surface area contributed by atoms with Gasteiger partial charge < -0.3 is 19.7 Å². The number of pyridine rings is 3. The summed E-state index contributed by atoms with van der Waals surface area (Å²) in [5, 5.41) is 3.74. The van der Waals surface area contributed by atoms with Crippen LogP contribution in [0.2, 0.25) is 0 Å². The van der Waals surface area contributed by atoms with E-state index in [9.17, 15) is 13.2 Å². The number of hydrogen-bond donors (Lipinski definition) is 1. The van der Waals surface area contributed by atoms with Crippen molar-refractivity contribution in [1.29, 1.82) is 0 Å². The second kappa shape index (κ2) is 11.4. The van der Waals surface area contributed by atoms with Gasteiger partial charge in [-0.25, -0.2) is 18.4 Å². The fourth-order valence-electron chi connectivity index (χ4n) is 6.07. The quantitative estimate of drug-likeness (QED) is 0.333. The molecular weight excluding hydrogens is 578 g/mol. The number of benzene rings is 1. The zero-order chi connectivity index (χ0) is 30.4. The highest BCUT2D eigenvalue weighted by molar-refractivity contribution is 7.91. The van der Waals surface area contributed by atoms with E-state index >= 15 is 0 Å². The summed E-state index contributed by atoms with van der Waals surface area (Å²) >= 11 is 0. The van der Waals surface area contributed by atoms with Crippen LogP contribution in [0.1, 0.15) is 49.2 Å². The van der Waals surface area contributed by atoms with Crippen LogP contribution in [0.4, 0.5) is 5.82 Å². The lowest BCUT2D eigenvalue weighted by Crippen LogP contribution is -2.45. The molecule has 4 aromatic rings. The minimum absolute atomic E-state index is 0.0215. The lowest BCUT2D eigenvalue weighted by molar-refractivity contribution is -0.00545. The second-order valence-corrected chi connectivity index (χ2v) is 14.1. The van der Waals surface area contributed by atoms with Gasteiger partial charge >= 0.3 is 0 Å². The summed E-state index contributed by atoms with van der Waals surface area (Å²) in [7, 11) is -3.54. The molecule has 5 heterocycles. The van der Waals surface area contributed by atoms with Crippen LogP contribution >= 0.6 is 0 Å². The minimum atomic E-state index is -3.54. The van der Waals surface area contributed by atoms with Gasteiger partial charge in [-0.15, -0.1) is 0 Å². The maximum atomic E-state index is 13.1. The Kier molecular flexibility index (Phi) is 7.45. The standard InChI is InChI=1S/C33H35N5O5S/c1-20-18-38(19-21(2)42-20)32-5-3-4-26(37-32)27-10-8-24-16-34-25(15-28(24)36-27)17-35-33(39)23-9-11-30-31(14-23)44(40,41)13-12-29(43-30)22-6-7-22/h3-5,8-11,14-16,20-22,29H,6-7,12-13,17-19H2,1-2H3,(H,35,39)/t20-,21+,29-/m1/s1. The number of anilines is 1. The Labute approximate surface area is 256 Å². The molecule has 0 spiro atoms. The molecule has 1 saturated heterocycles. The van der Waals surface area contributed by atoms with Crippen molar-refractivity contribution < 1.29 is 22.7 Å². The molecule has 1 saturated carbocycles. The molecule has 0 radical (unpaired) electrons. The van der Waals surface area contributed by atoms with Crippen molar-refractivity contribution in [3.8, 4) is 17.1 Å². The molecule has 0 unspecified atom stereocenters. The van der Waals surface area contributed by atoms with Crippen LogP contribution in [-0.4, -0.2) is 66.4 Å². The predicted molar refractivity (Wildman–Crippen MR) is 166 cm³/mol. The minimum Gasteiger partial charge on any atom is -0.489 e. The maximum Gasteiger partial charge on any atom is 0.251 e. The average Bonchev–Trinajstić information content (AvgIpc) is 3.87. The summed E-state index contributed by atoms with van der Waals surface area (Å²) in [5.41, 5.74) is 3.14. The van der Waals surface area contributed by atoms with Gasteiger partial charge in [0.1, 0.15) is 22.6 Å². The average molecular weight is 614 g/mol. The zero-order valence-electron chi connectivity index (χ0n) is 24.8. The molecule has 1 N–H and O–H groups in total. The van der Waals surface area contributed by atoms with Gasteiger partial charge in [0.15, 0.2) is 9.84 Å². The van der Waals surface area contributed by atoms with Crippen molar-refractivity contribution in [1.82, 2.24) is 20.3 Å². The number of carbonyl (C=O) groups is 1. The monoisotopic (exact) mass is 613 g/mol. The molecule has 0 bridgehead atoms. The Hall–Kier alpha value is -4.09. The van der Waals surface area contributed by atoms with Crippen LogP contribution in [0, 0.1) is 5.92 Å². The van der Waals surface area contributed by atoms with Crippen LogP contribution in [0.15, 0.2) is 65.7 Å². The molecule has 11 heteroatoms. The molecule has 3 aromatic heterocycles. The molecule has 228 valence electrons. The summed E-state index contributed by atoms with van der Waals surface area (Å²) < 4.78 is 37.9. The Balaban J connectivity index is 1.07. The smallest absolute Gasteiger partial charge is 0.251 e. The Morgan fingerprint density at radius 2 is 1.77 bits per heavy atom. The van der Waals surface area contributed by atoms with Crippen molar-refractivity contribution >= 4 is 32.5 Å². The van der Waals surface area contributed by atoms with E-state index in [4.69, 9.17) is 19.4 Å². The number of rotatable bonds is 6. The van der Waals surface area contributed by atoms with E-state index in [1.54, 1.807) is 18.3 Å². The normalized spacial score (nSPS) is 23.0.